The SMILES string of the molecule is CC(CO)C(C)CCc1ccc2c(c1)OCO2. The third-order valence-electron chi connectivity index (χ3n) is 3.58. The first-order chi connectivity index (χ1) is 8.20. The van der Waals surface area contributed by atoms with E-state index in [0.717, 1.165) is 24.3 Å². The maximum absolute atomic E-state index is 9.09. The number of ether oxygens (including phenoxy) is 2. The van der Waals surface area contributed by atoms with Crippen molar-refractivity contribution in [1.82, 2.24) is 0 Å². The molecule has 0 spiro atoms. The molecule has 1 N–H and O–H groups in total. The summed E-state index contributed by atoms with van der Waals surface area (Å²) in [7, 11) is 0. The van der Waals surface area contributed by atoms with Gasteiger partial charge in [-0.05, 0) is 42.4 Å². The lowest BCUT2D eigenvalue weighted by molar-refractivity contribution is 0.174. The molecule has 17 heavy (non-hydrogen) atoms. The highest BCUT2D eigenvalue weighted by molar-refractivity contribution is 5.44. The quantitative estimate of drug-likeness (QED) is 0.854. The molecule has 2 rings (SSSR count). The fourth-order valence-electron chi connectivity index (χ4n) is 1.96. The largest absolute Gasteiger partial charge is 0.454 e. The van der Waals surface area contributed by atoms with E-state index in [9.17, 15) is 0 Å². The number of aryl methyl sites for hydroxylation is 1. The minimum absolute atomic E-state index is 0.266. The van der Waals surface area contributed by atoms with E-state index >= 15 is 0 Å². The second-order valence-corrected chi connectivity index (χ2v) is 4.86. The Bertz CT molecular complexity index is 376. The van der Waals surface area contributed by atoms with Crippen LogP contribution in [0.4, 0.5) is 0 Å². The maximum Gasteiger partial charge on any atom is 0.231 e. The summed E-state index contributed by atoms with van der Waals surface area (Å²) >= 11 is 0. The van der Waals surface area contributed by atoms with Crippen LogP contribution in [0.15, 0.2) is 18.2 Å². The van der Waals surface area contributed by atoms with E-state index in [1.165, 1.54) is 5.56 Å². The van der Waals surface area contributed by atoms with Gasteiger partial charge in [0, 0.05) is 6.61 Å². The summed E-state index contributed by atoms with van der Waals surface area (Å²) < 4.78 is 10.6. The summed E-state index contributed by atoms with van der Waals surface area (Å²) in [6.07, 6.45) is 2.10. The van der Waals surface area contributed by atoms with Crippen LogP contribution in [0.1, 0.15) is 25.8 Å². The van der Waals surface area contributed by atoms with Gasteiger partial charge in [-0.15, -0.1) is 0 Å². The Balaban J connectivity index is 1.91. The first-order valence-corrected chi connectivity index (χ1v) is 6.20. The normalized spacial score (nSPS) is 16.9. The van der Waals surface area contributed by atoms with Crippen molar-refractivity contribution in [3.63, 3.8) is 0 Å². The lowest BCUT2D eigenvalue weighted by Crippen LogP contribution is -2.12. The van der Waals surface area contributed by atoms with Crippen molar-refractivity contribution < 1.29 is 14.6 Å². The summed E-state index contributed by atoms with van der Waals surface area (Å²) in [5.74, 6) is 2.59. The maximum atomic E-state index is 9.09. The fraction of sp³-hybridized carbons (Fsp3) is 0.571. The van der Waals surface area contributed by atoms with E-state index in [1.54, 1.807) is 0 Å². The molecule has 0 bridgehead atoms. The Kier molecular flexibility index (Phi) is 3.89. The lowest BCUT2D eigenvalue weighted by atomic mass is 9.90. The first kappa shape index (κ1) is 12.2. The molecule has 1 aliphatic rings. The van der Waals surface area contributed by atoms with Crippen LogP contribution < -0.4 is 9.47 Å². The summed E-state index contributed by atoms with van der Waals surface area (Å²) in [6.45, 7) is 4.87. The van der Waals surface area contributed by atoms with Crippen molar-refractivity contribution in [3.05, 3.63) is 23.8 Å². The molecule has 0 saturated carbocycles. The summed E-state index contributed by atoms with van der Waals surface area (Å²) in [5.41, 5.74) is 1.27. The molecule has 2 unspecified atom stereocenters. The number of hydrogen-bond donors (Lipinski definition) is 1. The number of hydrogen-bond acceptors (Lipinski definition) is 3. The van der Waals surface area contributed by atoms with Gasteiger partial charge in [0.15, 0.2) is 11.5 Å². The Labute approximate surface area is 102 Å². The second-order valence-electron chi connectivity index (χ2n) is 4.86. The number of benzene rings is 1. The summed E-state index contributed by atoms with van der Waals surface area (Å²) in [6, 6.07) is 6.11. The van der Waals surface area contributed by atoms with Crippen molar-refractivity contribution in [2.24, 2.45) is 11.8 Å². The highest BCUT2D eigenvalue weighted by Gasteiger charge is 2.15. The first-order valence-electron chi connectivity index (χ1n) is 6.20. The Morgan fingerprint density at radius 3 is 2.71 bits per heavy atom. The molecule has 1 heterocycles. The second kappa shape index (κ2) is 5.41. The van der Waals surface area contributed by atoms with Gasteiger partial charge in [-0.25, -0.2) is 0 Å². The van der Waals surface area contributed by atoms with Crippen LogP contribution in [-0.2, 0) is 6.42 Å². The topological polar surface area (TPSA) is 38.7 Å². The standard InChI is InChI=1S/C14H20O3/c1-10(11(2)8-15)3-4-12-5-6-13-14(7-12)17-9-16-13/h5-7,10-11,15H,3-4,8-9H2,1-2H3. The molecule has 0 saturated heterocycles. The van der Waals surface area contributed by atoms with Crippen molar-refractivity contribution >= 4 is 0 Å². The average molecular weight is 236 g/mol. The monoisotopic (exact) mass is 236 g/mol. The summed E-state index contributed by atoms with van der Waals surface area (Å²) in [4.78, 5) is 0. The van der Waals surface area contributed by atoms with Gasteiger partial charge in [0.1, 0.15) is 0 Å². The highest BCUT2D eigenvalue weighted by atomic mass is 16.7. The van der Waals surface area contributed by atoms with Crippen molar-refractivity contribution in [3.8, 4) is 11.5 Å². The molecule has 1 aromatic carbocycles. The molecule has 2 atom stereocenters. The Morgan fingerprint density at radius 2 is 1.94 bits per heavy atom. The average Bonchev–Trinajstić information content (AvgIpc) is 2.82. The van der Waals surface area contributed by atoms with E-state index in [1.807, 2.05) is 6.07 Å². The zero-order chi connectivity index (χ0) is 12.3. The minimum atomic E-state index is 0.266. The van der Waals surface area contributed by atoms with E-state index in [4.69, 9.17) is 14.6 Å². The Morgan fingerprint density at radius 1 is 1.18 bits per heavy atom. The van der Waals surface area contributed by atoms with Gasteiger partial charge in [0.2, 0.25) is 6.79 Å². The molecule has 3 heteroatoms. The summed E-state index contributed by atoms with van der Waals surface area (Å²) in [5, 5.41) is 9.09. The molecule has 0 aliphatic carbocycles. The van der Waals surface area contributed by atoms with E-state index in [0.29, 0.717) is 18.6 Å². The van der Waals surface area contributed by atoms with Crippen molar-refractivity contribution in [2.75, 3.05) is 13.4 Å². The third-order valence-corrected chi connectivity index (χ3v) is 3.58. The van der Waals surface area contributed by atoms with Crippen LogP contribution in [0.3, 0.4) is 0 Å². The molecule has 0 fully saturated rings. The van der Waals surface area contributed by atoms with Gasteiger partial charge in [0.25, 0.3) is 0 Å². The highest BCUT2D eigenvalue weighted by Crippen LogP contribution is 2.33. The van der Waals surface area contributed by atoms with Crippen LogP contribution in [0.25, 0.3) is 0 Å². The molecule has 1 aromatic rings. The van der Waals surface area contributed by atoms with Gasteiger partial charge >= 0.3 is 0 Å². The molecule has 0 radical (unpaired) electrons. The Hall–Kier alpha value is -1.22. The third kappa shape index (κ3) is 2.91. The van der Waals surface area contributed by atoms with Crippen molar-refractivity contribution in [1.29, 1.82) is 0 Å². The smallest absolute Gasteiger partial charge is 0.231 e. The zero-order valence-electron chi connectivity index (χ0n) is 10.5. The van der Waals surface area contributed by atoms with E-state index < -0.39 is 0 Å². The van der Waals surface area contributed by atoms with Gasteiger partial charge in [0.05, 0.1) is 0 Å². The molecule has 0 aromatic heterocycles. The number of aliphatic hydroxyl groups is 1. The van der Waals surface area contributed by atoms with Gasteiger partial charge in [-0.3, -0.25) is 0 Å². The van der Waals surface area contributed by atoms with Gasteiger partial charge < -0.3 is 14.6 Å². The molecule has 1 aliphatic heterocycles. The molecule has 3 nitrogen and oxygen atoms in total. The van der Waals surface area contributed by atoms with Crippen LogP contribution in [0, 0.1) is 11.8 Å². The number of aliphatic hydroxyl groups excluding tert-OH is 1. The molecular formula is C14H20O3. The number of fused-ring (bicyclic) bond motifs is 1. The predicted molar refractivity (Wildman–Crippen MR) is 66.3 cm³/mol. The van der Waals surface area contributed by atoms with Gasteiger partial charge in [-0.1, -0.05) is 19.9 Å². The van der Waals surface area contributed by atoms with Gasteiger partial charge in [-0.2, -0.15) is 0 Å². The number of rotatable bonds is 5. The van der Waals surface area contributed by atoms with E-state index in [-0.39, 0.29) is 6.61 Å². The van der Waals surface area contributed by atoms with Crippen molar-refractivity contribution in [2.45, 2.75) is 26.7 Å². The molecule has 94 valence electrons. The lowest BCUT2D eigenvalue weighted by Gasteiger charge is -2.17. The van der Waals surface area contributed by atoms with Crippen LogP contribution in [0.2, 0.25) is 0 Å². The van der Waals surface area contributed by atoms with Crippen LogP contribution in [-0.4, -0.2) is 18.5 Å². The predicted octanol–water partition coefficient (Wildman–Crippen LogP) is 2.61. The fourth-order valence-corrected chi connectivity index (χ4v) is 1.96. The zero-order valence-corrected chi connectivity index (χ0v) is 10.5. The molecular weight excluding hydrogens is 216 g/mol. The van der Waals surface area contributed by atoms with Crippen LogP contribution >= 0.6 is 0 Å². The minimum Gasteiger partial charge on any atom is -0.454 e. The van der Waals surface area contributed by atoms with E-state index in [2.05, 4.69) is 26.0 Å². The molecule has 0 amide bonds. The van der Waals surface area contributed by atoms with Crippen LogP contribution in [0.5, 0.6) is 11.5 Å².